The van der Waals surface area contributed by atoms with Crippen LogP contribution in [0.4, 0.5) is 4.39 Å². The van der Waals surface area contributed by atoms with Gasteiger partial charge in [-0.3, -0.25) is 0 Å². The van der Waals surface area contributed by atoms with Crippen molar-refractivity contribution in [2.24, 2.45) is 0 Å². The molecule has 4 rings (SSSR count). The molecule has 0 bridgehead atoms. The molecule has 0 unspecified atom stereocenters. The van der Waals surface area contributed by atoms with E-state index in [-0.39, 0.29) is 5.82 Å². The number of halogens is 2. The van der Waals surface area contributed by atoms with E-state index in [4.69, 9.17) is 11.6 Å². The molecule has 0 aliphatic carbocycles. The highest BCUT2D eigenvalue weighted by Crippen LogP contribution is 2.23. The van der Waals surface area contributed by atoms with Crippen molar-refractivity contribution in [1.82, 2.24) is 19.8 Å². The van der Waals surface area contributed by atoms with E-state index in [9.17, 15) is 4.39 Å². The molecule has 0 aliphatic rings. The van der Waals surface area contributed by atoms with Crippen LogP contribution < -0.4 is 0 Å². The fourth-order valence-corrected chi connectivity index (χ4v) is 3.31. The second-order valence-corrected chi connectivity index (χ2v) is 6.50. The third kappa shape index (κ3) is 2.83. The van der Waals surface area contributed by atoms with Crippen molar-refractivity contribution in [3.05, 3.63) is 69.9 Å². The molecule has 7 heteroatoms. The maximum Gasteiger partial charge on any atom is 0.234 e. The highest BCUT2D eigenvalue weighted by Gasteiger charge is 2.14. The van der Waals surface area contributed by atoms with Crippen LogP contribution in [0, 0.1) is 5.82 Å². The van der Waals surface area contributed by atoms with Gasteiger partial charge in [0.25, 0.3) is 0 Å². The average Bonchev–Trinajstić information content (AvgIpc) is 3.09. The summed E-state index contributed by atoms with van der Waals surface area (Å²) in [5.41, 5.74) is 1.77. The lowest BCUT2D eigenvalue weighted by Gasteiger charge is -1.98. The molecular weight excluding hydrogens is 335 g/mol. The van der Waals surface area contributed by atoms with E-state index in [1.807, 2.05) is 24.3 Å². The number of rotatable bonds is 3. The van der Waals surface area contributed by atoms with Gasteiger partial charge in [-0.1, -0.05) is 47.2 Å². The van der Waals surface area contributed by atoms with Crippen molar-refractivity contribution in [3.63, 3.8) is 0 Å². The molecule has 4 nitrogen and oxygen atoms in total. The van der Waals surface area contributed by atoms with Crippen LogP contribution in [0.5, 0.6) is 0 Å². The molecule has 2 aromatic carbocycles. The fourth-order valence-electron chi connectivity index (χ4n) is 2.31. The Labute approximate surface area is 140 Å². The van der Waals surface area contributed by atoms with E-state index in [1.165, 1.54) is 23.5 Å². The molecule has 0 N–H and O–H groups in total. The summed E-state index contributed by atoms with van der Waals surface area (Å²) in [6.07, 6.45) is 0.688. The number of nitrogens with zero attached hydrogens (tertiary/aromatic N) is 4. The van der Waals surface area contributed by atoms with Crippen molar-refractivity contribution in [2.45, 2.75) is 6.42 Å². The minimum absolute atomic E-state index is 0.309. The van der Waals surface area contributed by atoms with Gasteiger partial charge in [-0.2, -0.15) is 9.61 Å². The van der Waals surface area contributed by atoms with Gasteiger partial charge in [0.15, 0.2) is 5.82 Å². The Morgan fingerprint density at radius 3 is 2.70 bits per heavy atom. The largest absolute Gasteiger partial charge is 0.234 e. The van der Waals surface area contributed by atoms with Gasteiger partial charge >= 0.3 is 0 Å². The number of benzene rings is 2. The zero-order chi connectivity index (χ0) is 15.8. The maximum absolute atomic E-state index is 13.4. The summed E-state index contributed by atoms with van der Waals surface area (Å²) < 4.78 is 15.1. The lowest BCUT2D eigenvalue weighted by atomic mass is 10.2. The van der Waals surface area contributed by atoms with E-state index in [2.05, 4.69) is 15.3 Å². The van der Waals surface area contributed by atoms with Crippen molar-refractivity contribution < 1.29 is 4.39 Å². The average molecular weight is 345 g/mol. The Bertz CT molecular complexity index is 977. The number of hydrogen-bond acceptors (Lipinski definition) is 4. The normalized spacial score (nSPS) is 11.2. The Hall–Kier alpha value is -2.31. The van der Waals surface area contributed by atoms with E-state index in [0.717, 1.165) is 10.6 Å². The maximum atomic E-state index is 13.4. The minimum Gasteiger partial charge on any atom is -0.207 e. The fraction of sp³-hybridized carbons (Fsp3) is 0.0625. The molecule has 0 aliphatic heterocycles. The molecule has 0 amide bonds. The van der Waals surface area contributed by atoms with Crippen LogP contribution >= 0.6 is 22.9 Å². The quantitative estimate of drug-likeness (QED) is 0.558. The Morgan fingerprint density at radius 1 is 1.09 bits per heavy atom. The lowest BCUT2D eigenvalue weighted by Crippen LogP contribution is -1.94. The lowest BCUT2D eigenvalue weighted by molar-refractivity contribution is 0.628. The Kier molecular flexibility index (Phi) is 3.55. The molecule has 0 spiro atoms. The Balaban J connectivity index is 1.70. The molecule has 4 aromatic rings. The number of fused-ring (bicyclic) bond motifs is 1. The molecule has 0 fully saturated rings. The van der Waals surface area contributed by atoms with Gasteiger partial charge in [0.2, 0.25) is 4.96 Å². The van der Waals surface area contributed by atoms with E-state index >= 15 is 0 Å². The van der Waals surface area contributed by atoms with Crippen molar-refractivity contribution >= 4 is 27.9 Å². The summed E-state index contributed by atoms with van der Waals surface area (Å²) in [6.45, 7) is 0. The number of aromatic nitrogens is 4. The molecule has 0 saturated heterocycles. The van der Waals surface area contributed by atoms with Gasteiger partial charge in [0.1, 0.15) is 10.8 Å². The predicted molar refractivity (Wildman–Crippen MR) is 88.3 cm³/mol. The zero-order valence-electron chi connectivity index (χ0n) is 11.8. The summed E-state index contributed by atoms with van der Waals surface area (Å²) in [5, 5.41) is 14.4. The second-order valence-electron chi connectivity index (χ2n) is 5.03. The minimum atomic E-state index is -0.309. The van der Waals surface area contributed by atoms with Crippen molar-refractivity contribution in [1.29, 1.82) is 0 Å². The first-order valence-corrected chi connectivity index (χ1v) is 8.10. The molecule has 2 aromatic heterocycles. The van der Waals surface area contributed by atoms with Crippen LogP contribution in [0.15, 0.2) is 48.5 Å². The molecule has 0 saturated carbocycles. The van der Waals surface area contributed by atoms with Gasteiger partial charge in [-0.05, 0) is 29.8 Å². The van der Waals surface area contributed by atoms with Crippen LogP contribution in [0.1, 0.15) is 10.6 Å². The van der Waals surface area contributed by atoms with Crippen LogP contribution in [0.25, 0.3) is 16.3 Å². The summed E-state index contributed by atoms with van der Waals surface area (Å²) in [5.74, 6) is 0.231. The van der Waals surface area contributed by atoms with Crippen LogP contribution in [-0.4, -0.2) is 19.8 Å². The van der Waals surface area contributed by atoms with Crippen molar-refractivity contribution in [3.8, 4) is 11.4 Å². The monoisotopic (exact) mass is 344 g/mol. The summed E-state index contributed by atoms with van der Waals surface area (Å²) >= 11 is 7.36. The first kappa shape index (κ1) is 14.3. The van der Waals surface area contributed by atoms with Crippen molar-refractivity contribution in [2.75, 3.05) is 0 Å². The summed E-state index contributed by atoms with van der Waals surface area (Å²) in [6, 6.07) is 13.9. The van der Waals surface area contributed by atoms with Crippen LogP contribution in [0.3, 0.4) is 0 Å². The smallest absolute Gasteiger partial charge is 0.207 e. The van der Waals surface area contributed by atoms with Gasteiger partial charge in [0, 0.05) is 17.0 Å². The van der Waals surface area contributed by atoms with E-state index < -0.39 is 0 Å². The second kappa shape index (κ2) is 5.72. The summed E-state index contributed by atoms with van der Waals surface area (Å²) in [4.78, 5) is 0.688. The summed E-state index contributed by atoms with van der Waals surface area (Å²) in [7, 11) is 0. The third-order valence-electron chi connectivity index (χ3n) is 3.38. The van der Waals surface area contributed by atoms with Gasteiger partial charge in [-0.15, -0.1) is 10.2 Å². The van der Waals surface area contributed by atoms with Gasteiger partial charge < -0.3 is 0 Å². The highest BCUT2D eigenvalue weighted by molar-refractivity contribution is 7.16. The topological polar surface area (TPSA) is 43.1 Å². The standard InChI is InChI=1S/C16H10ClFN4S/c17-12-6-4-10(5-7-12)8-14-21-22-15(19-20-16(22)23-14)11-2-1-3-13(18)9-11/h1-7,9H,8H2. The predicted octanol–water partition coefficient (Wildman–Crippen LogP) is 4.24. The molecular formula is C16H10ClFN4S. The molecule has 0 atom stereocenters. The number of hydrogen-bond donors (Lipinski definition) is 0. The molecule has 0 radical (unpaired) electrons. The zero-order valence-corrected chi connectivity index (χ0v) is 13.4. The molecule has 2 heterocycles. The molecule has 23 heavy (non-hydrogen) atoms. The Morgan fingerprint density at radius 2 is 1.91 bits per heavy atom. The first-order chi connectivity index (χ1) is 11.2. The third-order valence-corrected chi connectivity index (χ3v) is 4.53. The van der Waals surface area contributed by atoms with Gasteiger partial charge in [-0.25, -0.2) is 4.39 Å². The first-order valence-electron chi connectivity index (χ1n) is 6.90. The van der Waals surface area contributed by atoms with Gasteiger partial charge in [0.05, 0.1) is 0 Å². The van der Waals surface area contributed by atoms with Crippen LogP contribution in [0.2, 0.25) is 5.02 Å². The van der Waals surface area contributed by atoms with E-state index in [0.29, 0.717) is 27.8 Å². The SMILES string of the molecule is Fc1cccc(-c2nnc3sc(Cc4ccc(Cl)cc4)nn23)c1. The highest BCUT2D eigenvalue weighted by atomic mass is 35.5. The van der Waals surface area contributed by atoms with Crippen LogP contribution in [-0.2, 0) is 6.42 Å². The molecule has 114 valence electrons. The van der Waals surface area contributed by atoms with E-state index in [1.54, 1.807) is 16.6 Å².